The molecule has 0 saturated carbocycles. The molecule has 0 aliphatic rings. The predicted octanol–water partition coefficient (Wildman–Crippen LogP) is 3.10. The molecule has 3 rings (SSSR count). The molecule has 1 unspecified atom stereocenters. The molecule has 0 saturated heterocycles. The number of aromatic nitrogens is 1. The first kappa shape index (κ1) is 12.8. The summed E-state index contributed by atoms with van der Waals surface area (Å²) in [6.45, 7) is 2.10. The standard InChI is InChI=1S/C17H17N3/c1-12-6-2-3-9-14(12)17(20-18)15-10-4-7-13-8-5-11-19-16(13)15/h2-11,17,20H,18H2,1H3. The van der Waals surface area contributed by atoms with Gasteiger partial charge in [0.1, 0.15) is 0 Å². The third kappa shape index (κ3) is 2.18. The summed E-state index contributed by atoms with van der Waals surface area (Å²) in [4.78, 5) is 4.51. The molecule has 0 bridgehead atoms. The van der Waals surface area contributed by atoms with Gasteiger partial charge in [-0.1, -0.05) is 48.5 Å². The number of hydrogen-bond acceptors (Lipinski definition) is 3. The summed E-state index contributed by atoms with van der Waals surface area (Å²) >= 11 is 0. The molecule has 0 radical (unpaired) electrons. The number of nitrogens with one attached hydrogen (secondary N) is 1. The van der Waals surface area contributed by atoms with Crippen LogP contribution in [0.4, 0.5) is 0 Å². The summed E-state index contributed by atoms with van der Waals surface area (Å²) in [7, 11) is 0. The molecular weight excluding hydrogens is 246 g/mol. The lowest BCUT2D eigenvalue weighted by Gasteiger charge is -2.20. The van der Waals surface area contributed by atoms with Crippen LogP contribution in [0.15, 0.2) is 60.8 Å². The minimum atomic E-state index is -0.0604. The molecule has 3 aromatic rings. The van der Waals surface area contributed by atoms with Crippen LogP contribution in [0, 0.1) is 6.92 Å². The zero-order valence-electron chi connectivity index (χ0n) is 11.4. The Hall–Kier alpha value is -2.23. The van der Waals surface area contributed by atoms with E-state index in [1.54, 1.807) is 0 Å². The largest absolute Gasteiger partial charge is 0.271 e. The summed E-state index contributed by atoms with van der Waals surface area (Å²) in [6, 6.07) is 18.4. The van der Waals surface area contributed by atoms with E-state index in [4.69, 9.17) is 5.84 Å². The number of hydrogen-bond donors (Lipinski definition) is 2. The van der Waals surface area contributed by atoms with Gasteiger partial charge >= 0.3 is 0 Å². The molecule has 3 nitrogen and oxygen atoms in total. The number of nitrogens with zero attached hydrogens (tertiary/aromatic N) is 1. The molecule has 20 heavy (non-hydrogen) atoms. The zero-order valence-corrected chi connectivity index (χ0v) is 11.4. The SMILES string of the molecule is Cc1ccccc1C(NN)c1cccc2cccnc12. The first-order chi connectivity index (χ1) is 9.81. The Bertz CT molecular complexity index is 732. The normalized spacial score (nSPS) is 12.5. The Kier molecular flexibility index (Phi) is 3.46. The second kappa shape index (κ2) is 5.41. The van der Waals surface area contributed by atoms with Gasteiger partial charge in [-0.3, -0.25) is 10.8 Å². The molecule has 3 N–H and O–H groups in total. The molecule has 0 amide bonds. The van der Waals surface area contributed by atoms with Gasteiger partial charge in [-0.25, -0.2) is 5.43 Å². The molecule has 3 heteroatoms. The van der Waals surface area contributed by atoms with Crippen molar-refractivity contribution in [1.29, 1.82) is 0 Å². The minimum Gasteiger partial charge on any atom is -0.271 e. The highest BCUT2D eigenvalue weighted by atomic mass is 15.2. The fraction of sp³-hybridized carbons (Fsp3) is 0.118. The van der Waals surface area contributed by atoms with Gasteiger partial charge in [0.2, 0.25) is 0 Å². The highest BCUT2D eigenvalue weighted by molar-refractivity contribution is 5.82. The van der Waals surface area contributed by atoms with Crippen LogP contribution < -0.4 is 11.3 Å². The zero-order chi connectivity index (χ0) is 13.9. The maximum absolute atomic E-state index is 5.82. The van der Waals surface area contributed by atoms with Crippen LogP contribution >= 0.6 is 0 Å². The quantitative estimate of drug-likeness (QED) is 0.564. The summed E-state index contributed by atoms with van der Waals surface area (Å²) in [5.41, 5.74) is 7.40. The van der Waals surface area contributed by atoms with Gasteiger partial charge in [-0.15, -0.1) is 0 Å². The van der Waals surface area contributed by atoms with E-state index in [1.807, 2.05) is 30.5 Å². The van der Waals surface area contributed by atoms with Crippen LogP contribution in [0.1, 0.15) is 22.7 Å². The number of pyridine rings is 1. The lowest BCUT2D eigenvalue weighted by molar-refractivity contribution is 0.637. The van der Waals surface area contributed by atoms with Crippen molar-refractivity contribution in [2.24, 2.45) is 5.84 Å². The minimum absolute atomic E-state index is 0.0604. The van der Waals surface area contributed by atoms with Crippen LogP contribution in [0.25, 0.3) is 10.9 Å². The van der Waals surface area contributed by atoms with Gasteiger partial charge in [-0.05, 0) is 24.1 Å². The van der Waals surface area contributed by atoms with E-state index in [2.05, 4.69) is 47.7 Å². The molecule has 0 fully saturated rings. The smallest absolute Gasteiger partial charge is 0.0753 e. The molecule has 1 aromatic heterocycles. The van der Waals surface area contributed by atoms with E-state index in [9.17, 15) is 0 Å². The first-order valence-electron chi connectivity index (χ1n) is 6.66. The Balaban J connectivity index is 2.20. The first-order valence-corrected chi connectivity index (χ1v) is 6.66. The van der Waals surface area contributed by atoms with Crippen molar-refractivity contribution in [3.8, 4) is 0 Å². The molecule has 0 aliphatic carbocycles. The summed E-state index contributed by atoms with van der Waals surface area (Å²) in [5.74, 6) is 5.82. The highest BCUT2D eigenvalue weighted by Crippen LogP contribution is 2.28. The maximum atomic E-state index is 5.82. The van der Waals surface area contributed by atoms with Crippen molar-refractivity contribution in [2.75, 3.05) is 0 Å². The molecule has 100 valence electrons. The van der Waals surface area contributed by atoms with Crippen molar-refractivity contribution < 1.29 is 0 Å². The van der Waals surface area contributed by atoms with Crippen molar-refractivity contribution in [3.05, 3.63) is 77.5 Å². The van der Waals surface area contributed by atoms with Crippen molar-refractivity contribution in [2.45, 2.75) is 13.0 Å². The number of rotatable bonds is 3. The Morgan fingerprint density at radius 1 is 0.950 bits per heavy atom. The van der Waals surface area contributed by atoms with Gasteiger partial charge in [0, 0.05) is 17.1 Å². The van der Waals surface area contributed by atoms with Crippen LogP contribution in [0.3, 0.4) is 0 Å². The third-order valence-corrected chi connectivity index (χ3v) is 3.64. The number of benzene rings is 2. The second-order valence-corrected chi connectivity index (χ2v) is 4.88. The Labute approximate surface area is 118 Å². The molecule has 0 spiro atoms. The van der Waals surface area contributed by atoms with E-state index in [1.165, 1.54) is 11.1 Å². The van der Waals surface area contributed by atoms with E-state index in [0.717, 1.165) is 16.5 Å². The van der Waals surface area contributed by atoms with Crippen molar-refractivity contribution in [1.82, 2.24) is 10.4 Å². The number of nitrogens with two attached hydrogens (primary N) is 1. The Morgan fingerprint density at radius 3 is 2.50 bits per heavy atom. The van der Waals surface area contributed by atoms with Gasteiger partial charge in [0.05, 0.1) is 11.6 Å². The maximum Gasteiger partial charge on any atom is 0.0753 e. The van der Waals surface area contributed by atoms with Crippen LogP contribution in [0.2, 0.25) is 0 Å². The molecule has 2 aromatic carbocycles. The van der Waals surface area contributed by atoms with E-state index in [0.29, 0.717) is 0 Å². The molecule has 0 aliphatic heterocycles. The summed E-state index contributed by atoms with van der Waals surface area (Å²) in [5, 5.41) is 1.12. The molecule has 1 heterocycles. The highest BCUT2D eigenvalue weighted by Gasteiger charge is 2.17. The molecule has 1 atom stereocenters. The van der Waals surface area contributed by atoms with Gasteiger partial charge in [0.15, 0.2) is 0 Å². The third-order valence-electron chi connectivity index (χ3n) is 3.64. The monoisotopic (exact) mass is 263 g/mol. The Morgan fingerprint density at radius 2 is 1.70 bits per heavy atom. The van der Waals surface area contributed by atoms with E-state index in [-0.39, 0.29) is 6.04 Å². The van der Waals surface area contributed by atoms with Crippen molar-refractivity contribution in [3.63, 3.8) is 0 Å². The average Bonchev–Trinajstić information content (AvgIpc) is 2.50. The predicted molar refractivity (Wildman–Crippen MR) is 82.1 cm³/mol. The average molecular weight is 263 g/mol. The van der Waals surface area contributed by atoms with Crippen molar-refractivity contribution >= 4 is 10.9 Å². The summed E-state index contributed by atoms with van der Waals surface area (Å²) < 4.78 is 0. The lowest BCUT2D eigenvalue weighted by atomic mass is 9.94. The second-order valence-electron chi connectivity index (χ2n) is 4.88. The lowest BCUT2D eigenvalue weighted by Crippen LogP contribution is -2.29. The van der Waals surface area contributed by atoms with Gasteiger partial charge in [0.25, 0.3) is 0 Å². The van der Waals surface area contributed by atoms with Crippen LogP contribution in [-0.2, 0) is 0 Å². The number of para-hydroxylation sites is 1. The van der Waals surface area contributed by atoms with Crippen LogP contribution in [-0.4, -0.2) is 4.98 Å². The fourth-order valence-corrected chi connectivity index (χ4v) is 2.62. The molecular formula is C17H17N3. The summed E-state index contributed by atoms with van der Waals surface area (Å²) in [6.07, 6.45) is 1.82. The van der Waals surface area contributed by atoms with E-state index < -0.39 is 0 Å². The van der Waals surface area contributed by atoms with Crippen LogP contribution in [0.5, 0.6) is 0 Å². The fourth-order valence-electron chi connectivity index (χ4n) is 2.62. The number of fused-ring (bicyclic) bond motifs is 1. The van der Waals surface area contributed by atoms with E-state index >= 15 is 0 Å². The number of hydrazine groups is 1. The number of aryl methyl sites for hydroxylation is 1. The topological polar surface area (TPSA) is 50.9 Å². The van der Waals surface area contributed by atoms with Gasteiger partial charge in [-0.2, -0.15) is 0 Å². The van der Waals surface area contributed by atoms with Gasteiger partial charge < -0.3 is 0 Å².